The van der Waals surface area contributed by atoms with Gasteiger partial charge in [0.1, 0.15) is 23.8 Å². The van der Waals surface area contributed by atoms with Crippen molar-refractivity contribution < 1.29 is 9.15 Å². The monoisotopic (exact) mass is 411 g/mol. The first-order valence-corrected chi connectivity index (χ1v) is 9.63. The molecule has 0 atom stereocenters. The number of aryl methyl sites for hydroxylation is 1. The third kappa shape index (κ3) is 2.58. The first kappa shape index (κ1) is 16.1. The third-order valence-corrected chi connectivity index (χ3v) is 5.77. The zero-order valence-electron chi connectivity index (χ0n) is 14.4. The van der Waals surface area contributed by atoms with Crippen LogP contribution in [0.15, 0.2) is 50.1 Å². The van der Waals surface area contributed by atoms with Gasteiger partial charge in [-0.05, 0) is 49.6 Å². The van der Waals surface area contributed by atoms with Crippen LogP contribution in [-0.4, -0.2) is 17.7 Å². The lowest BCUT2D eigenvalue weighted by Gasteiger charge is -2.29. The van der Waals surface area contributed by atoms with Gasteiger partial charge in [-0.1, -0.05) is 28.1 Å². The summed E-state index contributed by atoms with van der Waals surface area (Å²) in [5.74, 6) is 1.47. The van der Waals surface area contributed by atoms with Crippen LogP contribution in [0.3, 0.4) is 0 Å². The van der Waals surface area contributed by atoms with Gasteiger partial charge in [-0.25, -0.2) is 0 Å². The second-order valence-electron chi connectivity index (χ2n) is 7.04. The number of nitrogens with zero attached hydrogens (tertiary/aromatic N) is 1. The number of hydrogen-bond donors (Lipinski definition) is 0. The molecule has 2 aromatic carbocycles. The number of halogens is 1. The molecule has 1 aliphatic carbocycles. The highest BCUT2D eigenvalue weighted by Gasteiger charge is 2.33. The second-order valence-corrected chi connectivity index (χ2v) is 7.96. The van der Waals surface area contributed by atoms with E-state index in [-0.39, 0.29) is 5.43 Å². The van der Waals surface area contributed by atoms with Gasteiger partial charge in [0, 0.05) is 17.1 Å². The van der Waals surface area contributed by atoms with Crippen LogP contribution in [-0.2, 0) is 6.54 Å². The Bertz CT molecular complexity index is 1070. The fraction of sp³-hybridized carbons (Fsp3) is 0.286. The quantitative estimate of drug-likeness (QED) is 0.604. The van der Waals surface area contributed by atoms with E-state index in [1.807, 2.05) is 43.3 Å². The first-order chi connectivity index (χ1) is 12.6. The van der Waals surface area contributed by atoms with E-state index in [1.54, 1.807) is 0 Å². The lowest BCUT2D eigenvalue weighted by Crippen LogP contribution is -2.34. The number of ether oxygens (including phenoxy) is 1. The molecule has 5 rings (SSSR count). The van der Waals surface area contributed by atoms with Crippen molar-refractivity contribution in [3.05, 3.63) is 62.4 Å². The lowest BCUT2D eigenvalue weighted by molar-refractivity contribution is 0.0885. The van der Waals surface area contributed by atoms with Gasteiger partial charge in [0.2, 0.25) is 5.43 Å². The first-order valence-electron chi connectivity index (χ1n) is 8.84. The molecular formula is C21H18BrNO3. The van der Waals surface area contributed by atoms with Crippen molar-refractivity contribution in [2.45, 2.75) is 32.4 Å². The minimum absolute atomic E-state index is 0.0115. The fourth-order valence-corrected chi connectivity index (χ4v) is 3.98. The predicted octanol–water partition coefficient (Wildman–Crippen LogP) is 4.85. The van der Waals surface area contributed by atoms with E-state index in [0.717, 1.165) is 27.9 Å². The number of hydrogen-bond acceptors (Lipinski definition) is 4. The van der Waals surface area contributed by atoms with E-state index in [9.17, 15) is 4.79 Å². The summed E-state index contributed by atoms with van der Waals surface area (Å²) in [5, 5.41) is 0.619. The smallest absolute Gasteiger partial charge is 0.200 e. The van der Waals surface area contributed by atoms with Crippen molar-refractivity contribution in [3.8, 4) is 16.9 Å². The highest BCUT2D eigenvalue weighted by Crippen LogP contribution is 2.37. The molecule has 1 aliphatic heterocycles. The van der Waals surface area contributed by atoms with Gasteiger partial charge in [0.25, 0.3) is 0 Å². The van der Waals surface area contributed by atoms with E-state index in [4.69, 9.17) is 9.15 Å². The van der Waals surface area contributed by atoms with Gasteiger partial charge in [0.15, 0.2) is 0 Å². The SMILES string of the molecule is Cc1oc2c3c(ccc2c(=O)c1-c1ccc(Br)cc1)OCN(C1CC1)C3. The van der Waals surface area contributed by atoms with Gasteiger partial charge >= 0.3 is 0 Å². The summed E-state index contributed by atoms with van der Waals surface area (Å²) in [6.07, 6.45) is 2.44. The second kappa shape index (κ2) is 5.96. The molecule has 1 fully saturated rings. The van der Waals surface area contributed by atoms with Crippen molar-refractivity contribution in [2.24, 2.45) is 0 Å². The maximum Gasteiger partial charge on any atom is 0.200 e. The van der Waals surface area contributed by atoms with Gasteiger partial charge in [-0.2, -0.15) is 0 Å². The molecule has 1 saturated carbocycles. The normalized spacial score (nSPS) is 17.2. The van der Waals surface area contributed by atoms with Gasteiger partial charge in [-0.15, -0.1) is 0 Å². The van der Waals surface area contributed by atoms with Crippen molar-refractivity contribution in [2.75, 3.05) is 6.73 Å². The molecule has 2 aliphatic rings. The summed E-state index contributed by atoms with van der Waals surface area (Å²) < 4.78 is 13.1. The molecule has 0 bridgehead atoms. The van der Waals surface area contributed by atoms with Gasteiger partial charge in [0.05, 0.1) is 16.5 Å². The number of benzene rings is 2. The Balaban J connectivity index is 1.70. The Kier molecular flexibility index (Phi) is 3.69. The summed E-state index contributed by atoms with van der Waals surface area (Å²) in [6.45, 7) is 3.25. The summed E-state index contributed by atoms with van der Waals surface area (Å²) in [4.78, 5) is 15.5. The highest BCUT2D eigenvalue weighted by molar-refractivity contribution is 9.10. The summed E-state index contributed by atoms with van der Waals surface area (Å²) in [6, 6.07) is 12.1. The molecule has 1 aromatic heterocycles. The van der Waals surface area contributed by atoms with Crippen LogP contribution in [0.1, 0.15) is 24.2 Å². The number of rotatable bonds is 2. The minimum Gasteiger partial charge on any atom is -0.478 e. The largest absolute Gasteiger partial charge is 0.478 e. The van der Waals surface area contributed by atoms with Crippen LogP contribution in [0, 0.1) is 6.92 Å². The van der Waals surface area contributed by atoms with E-state index >= 15 is 0 Å². The average Bonchev–Trinajstić information content (AvgIpc) is 3.48. The molecule has 0 amide bonds. The van der Waals surface area contributed by atoms with Crippen LogP contribution in [0.4, 0.5) is 0 Å². The summed E-state index contributed by atoms with van der Waals surface area (Å²) >= 11 is 3.44. The topological polar surface area (TPSA) is 42.7 Å². The van der Waals surface area contributed by atoms with Crippen LogP contribution in [0.5, 0.6) is 5.75 Å². The van der Waals surface area contributed by atoms with Crippen LogP contribution in [0.2, 0.25) is 0 Å². The minimum atomic E-state index is 0.0115. The summed E-state index contributed by atoms with van der Waals surface area (Å²) in [5.41, 5.74) is 3.16. The van der Waals surface area contributed by atoms with Gasteiger partial charge in [-0.3, -0.25) is 9.69 Å². The lowest BCUT2D eigenvalue weighted by atomic mass is 10.0. The average molecular weight is 412 g/mol. The Morgan fingerprint density at radius 2 is 1.88 bits per heavy atom. The molecule has 0 unspecified atom stereocenters. The fourth-order valence-electron chi connectivity index (χ4n) is 3.72. The molecule has 0 spiro atoms. The molecule has 26 heavy (non-hydrogen) atoms. The maximum atomic E-state index is 13.2. The van der Waals surface area contributed by atoms with Crippen molar-refractivity contribution >= 4 is 26.9 Å². The molecule has 132 valence electrons. The maximum absolute atomic E-state index is 13.2. The van der Waals surface area contributed by atoms with Crippen LogP contribution < -0.4 is 10.2 Å². The van der Waals surface area contributed by atoms with E-state index in [0.29, 0.717) is 35.1 Å². The molecule has 0 radical (unpaired) electrons. The van der Waals surface area contributed by atoms with Crippen molar-refractivity contribution in [3.63, 3.8) is 0 Å². The van der Waals surface area contributed by atoms with E-state index in [2.05, 4.69) is 20.8 Å². The molecule has 0 N–H and O–H groups in total. The Labute approximate surface area is 159 Å². The Hall–Kier alpha value is -2.11. The zero-order valence-corrected chi connectivity index (χ0v) is 16.0. The Morgan fingerprint density at radius 1 is 1.12 bits per heavy atom. The van der Waals surface area contributed by atoms with E-state index < -0.39 is 0 Å². The molecule has 0 saturated heterocycles. The predicted molar refractivity (Wildman–Crippen MR) is 104 cm³/mol. The standard InChI is InChI=1S/C21H18BrNO3/c1-12-19(13-2-4-14(22)5-3-13)20(24)16-8-9-18-17(21(16)26-12)10-23(11-25-18)15-6-7-15/h2-5,8-9,15H,6-7,10-11H2,1H3. The Morgan fingerprint density at radius 3 is 2.62 bits per heavy atom. The molecule has 5 heteroatoms. The van der Waals surface area contributed by atoms with Crippen LogP contribution >= 0.6 is 15.9 Å². The third-order valence-electron chi connectivity index (χ3n) is 5.24. The molecule has 2 heterocycles. The zero-order chi connectivity index (χ0) is 17.8. The molecule has 4 nitrogen and oxygen atoms in total. The van der Waals surface area contributed by atoms with Gasteiger partial charge < -0.3 is 9.15 Å². The molecular weight excluding hydrogens is 394 g/mol. The van der Waals surface area contributed by atoms with E-state index in [1.165, 1.54) is 12.8 Å². The number of fused-ring (bicyclic) bond motifs is 3. The van der Waals surface area contributed by atoms with Crippen molar-refractivity contribution in [1.29, 1.82) is 0 Å². The van der Waals surface area contributed by atoms with Crippen molar-refractivity contribution in [1.82, 2.24) is 4.90 Å². The van der Waals surface area contributed by atoms with Crippen LogP contribution in [0.25, 0.3) is 22.1 Å². The molecule has 3 aromatic rings. The summed E-state index contributed by atoms with van der Waals surface area (Å²) in [7, 11) is 0. The highest BCUT2D eigenvalue weighted by atomic mass is 79.9.